The number of rotatable bonds is 23. The van der Waals surface area contributed by atoms with Crippen molar-refractivity contribution >= 4 is 14.3 Å². The van der Waals surface area contributed by atoms with Gasteiger partial charge >= 0.3 is 5.97 Å². The number of ether oxygens (including phenoxy) is 5. The lowest BCUT2D eigenvalue weighted by atomic mass is 10.1. The molecule has 0 heterocycles. The van der Waals surface area contributed by atoms with Crippen molar-refractivity contribution < 1.29 is 32.9 Å². The number of unbranched alkanes of at least 4 members (excludes halogenated alkanes) is 5. The van der Waals surface area contributed by atoms with Crippen LogP contribution in [0.15, 0.2) is 0 Å². The van der Waals surface area contributed by atoms with E-state index >= 15 is 0 Å². The Morgan fingerprint density at radius 1 is 0.636 bits per heavy atom. The van der Waals surface area contributed by atoms with Gasteiger partial charge in [-0.15, -0.1) is 0 Å². The third-order valence-electron chi connectivity index (χ3n) is 5.84. The molecule has 0 atom stereocenters. The van der Waals surface area contributed by atoms with E-state index in [2.05, 4.69) is 40.8 Å². The summed E-state index contributed by atoms with van der Waals surface area (Å²) in [6, 6.07) is 0. The maximum Gasteiger partial charge on any atom is 0.305 e. The first-order valence-corrected chi connectivity index (χ1v) is 15.7. The molecule has 198 valence electrons. The Morgan fingerprint density at radius 3 is 1.55 bits per heavy atom. The second-order valence-electron chi connectivity index (χ2n) is 9.80. The Balaban J connectivity index is 3.26. The summed E-state index contributed by atoms with van der Waals surface area (Å²) in [7, 11) is -1.69. The highest BCUT2D eigenvalue weighted by molar-refractivity contribution is 6.74. The fourth-order valence-electron chi connectivity index (χ4n) is 2.67. The molecule has 0 aliphatic rings. The Kier molecular flexibility index (Phi) is 20.5. The van der Waals surface area contributed by atoms with Crippen molar-refractivity contribution in [2.75, 3.05) is 66.1 Å². The molecule has 0 saturated carbocycles. The lowest BCUT2D eigenvalue weighted by Crippen LogP contribution is -2.41. The van der Waals surface area contributed by atoms with Gasteiger partial charge in [0.05, 0.1) is 59.5 Å². The zero-order valence-corrected chi connectivity index (χ0v) is 23.4. The molecule has 7 nitrogen and oxygen atoms in total. The van der Waals surface area contributed by atoms with Crippen molar-refractivity contribution in [3.05, 3.63) is 0 Å². The number of esters is 1. The first-order chi connectivity index (χ1) is 15.7. The van der Waals surface area contributed by atoms with E-state index in [4.69, 9.17) is 28.1 Å². The van der Waals surface area contributed by atoms with Gasteiger partial charge in [0.2, 0.25) is 0 Å². The van der Waals surface area contributed by atoms with Crippen LogP contribution in [0.2, 0.25) is 18.1 Å². The quantitative estimate of drug-likeness (QED) is 0.108. The van der Waals surface area contributed by atoms with Crippen LogP contribution >= 0.6 is 0 Å². The van der Waals surface area contributed by atoms with Crippen molar-refractivity contribution in [3.63, 3.8) is 0 Å². The maximum atomic E-state index is 11.6. The summed E-state index contributed by atoms with van der Waals surface area (Å²) < 4.78 is 33.1. The smallest absolute Gasteiger partial charge is 0.305 e. The molecular weight excluding hydrogens is 440 g/mol. The number of hydrogen-bond acceptors (Lipinski definition) is 7. The van der Waals surface area contributed by atoms with Crippen LogP contribution in [0.25, 0.3) is 0 Å². The van der Waals surface area contributed by atoms with E-state index in [1.165, 1.54) is 25.7 Å². The van der Waals surface area contributed by atoms with Crippen molar-refractivity contribution in [2.45, 2.75) is 90.8 Å². The number of hydrogen-bond donors (Lipinski definition) is 0. The fraction of sp³-hybridized carbons (Fsp3) is 0.960. The molecule has 0 N–H and O–H groups in total. The summed E-state index contributed by atoms with van der Waals surface area (Å²) in [6.45, 7) is 18.5. The third-order valence-corrected chi connectivity index (χ3v) is 10.4. The minimum absolute atomic E-state index is 0.130. The van der Waals surface area contributed by atoms with E-state index in [1.54, 1.807) is 0 Å². The van der Waals surface area contributed by atoms with E-state index in [1.807, 2.05) is 0 Å². The molecule has 0 aromatic heterocycles. The Labute approximate surface area is 204 Å². The molecule has 0 spiro atoms. The van der Waals surface area contributed by atoms with Crippen LogP contribution in [-0.4, -0.2) is 80.4 Å². The molecule has 0 radical (unpaired) electrons. The summed E-state index contributed by atoms with van der Waals surface area (Å²) in [5.74, 6) is -0.130. The zero-order chi connectivity index (χ0) is 24.8. The normalized spacial score (nSPS) is 12.3. The molecule has 0 unspecified atom stereocenters. The molecule has 0 amide bonds. The van der Waals surface area contributed by atoms with Crippen molar-refractivity contribution in [3.8, 4) is 0 Å². The minimum atomic E-state index is -1.69. The molecule has 0 saturated heterocycles. The minimum Gasteiger partial charge on any atom is -0.463 e. The van der Waals surface area contributed by atoms with Gasteiger partial charge in [-0.3, -0.25) is 4.79 Å². The van der Waals surface area contributed by atoms with E-state index in [0.29, 0.717) is 72.5 Å². The van der Waals surface area contributed by atoms with Crippen LogP contribution in [-0.2, 0) is 32.9 Å². The van der Waals surface area contributed by atoms with E-state index < -0.39 is 8.32 Å². The van der Waals surface area contributed by atoms with Gasteiger partial charge < -0.3 is 28.1 Å². The highest BCUT2D eigenvalue weighted by atomic mass is 28.4. The molecule has 0 aliphatic carbocycles. The standard InChI is InChI=1S/C25H52O7Si/c1-7-8-9-10-11-12-13-24(26)31-22-20-29-18-16-27-14-15-28-17-19-30-21-23-32-33(5,6)25(2,3)4/h7-23H2,1-6H3. The lowest BCUT2D eigenvalue weighted by molar-refractivity contribution is -0.145. The molecule has 8 heteroatoms. The molecule has 0 fully saturated rings. The summed E-state index contributed by atoms with van der Waals surface area (Å²) >= 11 is 0. The Morgan fingerprint density at radius 2 is 1.06 bits per heavy atom. The van der Waals surface area contributed by atoms with Gasteiger partial charge in [-0.25, -0.2) is 0 Å². The zero-order valence-electron chi connectivity index (χ0n) is 22.4. The topological polar surface area (TPSA) is 72.5 Å². The van der Waals surface area contributed by atoms with Crippen LogP contribution in [0.5, 0.6) is 0 Å². The van der Waals surface area contributed by atoms with Crippen LogP contribution in [0.3, 0.4) is 0 Å². The predicted molar refractivity (Wildman–Crippen MR) is 135 cm³/mol. The van der Waals surface area contributed by atoms with Gasteiger partial charge in [0, 0.05) is 6.42 Å². The van der Waals surface area contributed by atoms with Crippen molar-refractivity contribution in [2.24, 2.45) is 0 Å². The molecular formula is C25H52O7Si. The Bertz CT molecular complexity index is 453. The average Bonchev–Trinajstić information content (AvgIpc) is 2.75. The van der Waals surface area contributed by atoms with Crippen LogP contribution < -0.4 is 0 Å². The van der Waals surface area contributed by atoms with Gasteiger partial charge in [0.1, 0.15) is 6.61 Å². The lowest BCUT2D eigenvalue weighted by Gasteiger charge is -2.36. The average molecular weight is 493 g/mol. The van der Waals surface area contributed by atoms with Crippen LogP contribution in [0.1, 0.15) is 72.6 Å². The summed E-state index contributed by atoms with van der Waals surface area (Å²) in [6.07, 6.45) is 7.51. The SMILES string of the molecule is CCCCCCCCC(=O)OCCOCCOCCOCCOCCO[Si](C)(C)C(C)(C)C. The Hall–Kier alpha value is -0.513. The second-order valence-corrected chi connectivity index (χ2v) is 14.6. The van der Waals surface area contributed by atoms with Gasteiger partial charge in [-0.05, 0) is 24.6 Å². The number of carbonyl (C=O) groups is 1. The fourth-order valence-corrected chi connectivity index (χ4v) is 3.70. The van der Waals surface area contributed by atoms with Gasteiger partial charge in [0.15, 0.2) is 8.32 Å². The molecule has 0 aromatic rings. The van der Waals surface area contributed by atoms with E-state index in [9.17, 15) is 4.79 Å². The molecule has 0 rings (SSSR count). The third kappa shape index (κ3) is 20.6. The van der Waals surface area contributed by atoms with Gasteiger partial charge in [-0.2, -0.15) is 0 Å². The van der Waals surface area contributed by atoms with Gasteiger partial charge in [0.25, 0.3) is 0 Å². The molecule has 0 bridgehead atoms. The highest BCUT2D eigenvalue weighted by Crippen LogP contribution is 2.36. The molecule has 33 heavy (non-hydrogen) atoms. The van der Waals surface area contributed by atoms with Crippen molar-refractivity contribution in [1.82, 2.24) is 0 Å². The monoisotopic (exact) mass is 492 g/mol. The summed E-state index contributed by atoms with van der Waals surface area (Å²) in [5.41, 5.74) is 0. The summed E-state index contributed by atoms with van der Waals surface area (Å²) in [5, 5.41) is 0.223. The first kappa shape index (κ1) is 32.5. The van der Waals surface area contributed by atoms with Crippen LogP contribution in [0, 0.1) is 0 Å². The molecule has 0 aromatic carbocycles. The van der Waals surface area contributed by atoms with Crippen molar-refractivity contribution in [1.29, 1.82) is 0 Å². The predicted octanol–water partition coefficient (Wildman–Crippen LogP) is 5.37. The van der Waals surface area contributed by atoms with E-state index in [-0.39, 0.29) is 11.0 Å². The van der Waals surface area contributed by atoms with Crippen LogP contribution in [0.4, 0.5) is 0 Å². The maximum absolute atomic E-state index is 11.6. The largest absolute Gasteiger partial charge is 0.463 e. The highest BCUT2D eigenvalue weighted by Gasteiger charge is 2.36. The molecule has 0 aliphatic heterocycles. The second kappa shape index (κ2) is 20.8. The number of carbonyl (C=O) groups excluding carboxylic acids is 1. The van der Waals surface area contributed by atoms with E-state index in [0.717, 1.165) is 12.8 Å². The summed E-state index contributed by atoms with van der Waals surface area (Å²) in [4.78, 5) is 11.6. The van der Waals surface area contributed by atoms with Gasteiger partial charge in [-0.1, -0.05) is 59.8 Å². The first-order valence-electron chi connectivity index (χ1n) is 12.8.